The minimum Gasteiger partial charge on any atom is -0.393 e. The Hall–Kier alpha value is -1.45. The zero-order chi connectivity index (χ0) is 29.7. The molecule has 4 aliphatic carbocycles. The zero-order valence-electron chi connectivity index (χ0n) is 25.0. The molecule has 4 rings (SSSR count). The van der Waals surface area contributed by atoms with Crippen molar-refractivity contribution in [1.29, 1.82) is 0 Å². The summed E-state index contributed by atoms with van der Waals surface area (Å²) in [6.07, 6.45) is -0.0942. The number of carbonyl (C=O) groups is 3. The van der Waals surface area contributed by atoms with Crippen molar-refractivity contribution in [2.75, 3.05) is 7.11 Å². The van der Waals surface area contributed by atoms with Gasteiger partial charge in [-0.15, -0.1) is 0 Å². The third-order valence-electron chi connectivity index (χ3n) is 12.0. The maximum atomic E-state index is 14.3. The van der Waals surface area contributed by atoms with Crippen molar-refractivity contribution in [1.82, 2.24) is 0 Å². The van der Waals surface area contributed by atoms with Crippen molar-refractivity contribution in [3.63, 3.8) is 0 Å². The van der Waals surface area contributed by atoms with E-state index in [1.165, 1.54) is 27.9 Å². The molecule has 0 aromatic carbocycles. The number of hydrogen-bond acceptors (Lipinski definition) is 8. The molecule has 0 aromatic heterocycles. The maximum absolute atomic E-state index is 14.3. The summed E-state index contributed by atoms with van der Waals surface area (Å²) in [6, 6.07) is 0. The number of allylic oxidation sites excluding steroid dienone is 2. The first-order chi connectivity index (χ1) is 17.6. The van der Waals surface area contributed by atoms with Crippen molar-refractivity contribution in [2.24, 2.45) is 39.4 Å². The quantitative estimate of drug-likeness (QED) is 0.371. The highest BCUT2D eigenvalue weighted by Crippen LogP contribution is 2.74. The Bertz CT molecular complexity index is 1100. The molecule has 0 amide bonds. The van der Waals surface area contributed by atoms with Gasteiger partial charge in [0.1, 0.15) is 17.5 Å². The first kappa shape index (κ1) is 30.5. The molecule has 39 heavy (non-hydrogen) atoms. The molecule has 220 valence electrons. The molecule has 3 fully saturated rings. The van der Waals surface area contributed by atoms with E-state index in [-0.39, 0.29) is 42.7 Å². The Morgan fingerprint density at radius 2 is 1.67 bits per heavy atom. The molecule has 10 atom stereocenters. The molecule has 0 spiro atoms. The molecule has 0 aliphatic heterocycles. The first-order valence-corrected chi connectivity index (χ1v) is 14.3. The Balaban J connectivity index is 1.76. The van der Waals surface area contributed by atoms with E-state index in [0.717, 1.165) is 5.57 Å². The van der Waals surface area contributed by atoms with Crippen LogP contribution in [-0.2, 0) is 19.1 Å². The van der Waals surface area contributed by atoms with E-state index < -0.39 is 62.9 Å². The van der Waals surface area contributed by atoms with E-state index in [0.29, 0.717) is 12.8 Å². The van der Waals surface area contributed by atoms with Gasteiger partial charge in [-0.25, -0.2) is 0 Å². The summed E-state index contributed by atoms with van der Waals surface area (Å²) in [6.45, 7) is 14.1. The number of Topliss-reactive ketones (excluding diaryl/α,β-unsaturated/α-hetero) is 3. The second kappa shape index (κ2) is 9.02. The van der Waals surface area contributed by atoms with Gasteiger partial charge in [0.15, 0.2) is 11.6 Å². The molecular formula is C31H48O8. The summed E-state index contributed by atoms with van der Waals surface area (Å²) in [5.41, 5.74) is -5.61. The van der Waals surface area contributed by atoms with Crippen LogP contribution in [-0.4, -0.2) is 74.4 Å². The highest BCUT2D eigenvalue weighted by Gasteiger charge is 2.74. The van der Waals surface area contributed by atoms with Crippen LogP contribution < -0.4 is 0 Å². The summed E-state index contributed by atoms with van der Waals surface area (Å²) >= 11 is 0. The van der Waals surface area contributed by atoms with Crippen LogP contribution in [0.2, 0.25) is 0 Å². The number of aliphatic hydroxyl groups is 4. The Labute approximate surface area is 232 Å². The van der Waals surface area contributed by atoms with Crippen molar-refractivity contribution < 1.29 is 39.5 Å². The fraction of sp³-hybridized carbons (Fsp3) is 0.839. The summed E-state index contributed by atoms with van der Waals surface area (Å²) in [7, 11) is 1.40. The van der Waals surface area contributed by atoms with Gasteiger partial charge in [0.2, 0.25) is 0 Å². The van der Waals surface area contributed by atoms with Gasteiger partial charge in [-0.3, -0.25) is 14.4 Å². The van der Waals surface area contributed by atoms with Gasteiger partial charge < -0.3 is 25.2 Å². The third kappa shape index (κ3) is 3.99. The van der Waals surface area contributed by atoms with Gasteiger partial charge in [-0.05, 0) is 76.5 Å². The van der Waals surface area contributed by atoms with E-state index >= 15 is 0 Å². The monoisotopic (exact) mass is 548 g/mol. The van der Waals surface area contributed by atoms with Gasteiger partial charge in [-0.2, -0.15) is 0 Å². The van der Waals surface area contributed by atoms with E-state index in [9.17, 15) is 34.8 Å². The number of carbonyl (C=O) groups excluding carboxylic acids is 3. The number of rotatable bonds is 6. The van der Waals surface area contributed by atoms with E-state index in [1.807, 2.05) is 27.7 Å². The van der Waals surface area contributed by atoms with E-state index in [1.54, 1.807) is 0 Å². The number of ether oxygens (including phenoxy) is 1. The molecular weight excluding hydrogens is 500 g/mol. The lowest BCUT2D eigenvalue weighted by atomic mass is 9.38. The van der Waals surface area contributed by atoms with Crippen LogP contribution in [0.3, 0.4) is 0 Å². The standard InChI is InChI=1S/C31H48O8/c1-26(2)16-10-11-20-28(5)14-19(33)24(31(8,38)21(34)13-23(39-9)27(3,4)37)29(28,6)15-22(35)30(20,7)17(16)12-18(32)25(26)36/h10,17-20,23-24,32-33,37-38H,11-15H2,1-9H3/t17-,18+,19-,20+,23-,24+,28+,29-,30+,31+/m1/s1. The van der Waals surface area contributed by atoms with Crippen LogP contribution in [0.1, 0.15) is 87.5 Å². The number of hydrogen-bond donors (Lipinski definition) is 4. The lowest BCUT2D eigenvalue weighted by Crippen LogP contribution is -2.65. The molecule has 0 radical (unpaired) electrons. The predicted octanol–water partition coefficient (Wildman–Crippen LogP) is 2.78. The second-order valence-corrected chi connectivity index (χ2v) is 14.9. The molecule has 3 saturated carbocycles. The molecule has 0 bridgehead atoms. The fourth-order valence-corrected chi connectivity index (χ4v) is 9.57. The minimum absolute atomic E-state index is 0.0194. The summed E-state index contributed by atoms with van der Waals surface area (Å²) in [4.78, 5) is 40.8. The van der Waals surface area contributed by atoms with E-state index in [4.69, 9.17) is 4.74 Å². The number of methoxy groups -OCH3 is 1. The molecule has 0 saturated heterocycles. The van der Waals surface area contributed by atoms with Gasteiger partial charge in [-0.1, -0.05) is 32.4 Å². The minimum atomic E-state index is -1.97. The van der Waals surface area contributed by atoms with Crippen LogP contribution in [0.4, 0.5) is 0 Å². The van der Waals surface area contributed by atoms with Crippen molar-refractivity contribution in [3.8, 4) is 0 Å². The maximum Gasteiger partial charge on any atom is 0.170 e. The summed E-state index contributed by atoms with van der Waals surface area (Å²) in [5, 5.41) is 44.5. The third-order valence-corrected chi connectivity index (χ3v) is 12.0. The van der Waals surface area contributed by atoms with Crippen LogP contribution in [0.15, 0.2) is 11.6 Å². The summed E-state index contributed by atoms with van der Waals surface area (Å²) < 4.78 is 5.36. The fourth-order valence-electron chi connectivity index (χ4n) is 9.57. The zero-order valence-corrected chi connectivity index (χ0v) is 25.0. The second-order valence-electron chi connectivity index (χ2n) is 14.9. The Morgan fingerprint density at radius 3 is 2.21 bits per heavy atom. The van der Waals surface area contributed by atoms with Gasteiger partial charge >= 0.3 is 0 Å². The topological polar surface area (TPSA) is 141 Å². The molecule has 0 heterocycles. The highest BCUT2D eigenvalue weighted by molar-refractivity contribution is 5.95. The Kier molecular flexibility index (Phi) is 7.06. The van der Waals surface area contributed by atoms with Gasteiger partial charge in [0, 0.05) is 36.7 Å². The van der Waals surface area contributed by atoms with Crippen LogP contribution >= 0.6 is 0 Å². The molecule has 0 aromatic rings. The first-order valence-electron chi connectivity index (χ1n) is 14.3. The molecule has 4 aliphatic rings. The highest BCUT2D eigenvalue weighted by atomic mass is 16.5. The molecule has 4 N–H and O–H groups in total. The van der Waals surface area contributed by atoms with Crippen LogP contribution in [0, 0.1) is 39.4 Å². The predicted molar refractivity (Wildman–Crippen MR) is 144 cm³/mol. The smallest absolute Gasteiger partial charge is 0.170 e. The summed E-state index contributed by atoms with van der Waals surface area (Å²) in [5.74, 6) is -2.22. The lowest BCUT2D eigenvalue weighted by Gasteiger charge is -2.64. The SMILES string of the molecule is CO[C@H](CC(=O)[C@](C)(O)[C@H]1[C@H](O)C[C@@]2(C)[C@@H]3CC=C4[C@@H](C[C@H](O)C(=O)C4(C)C)[C@]3(C)C(=O)C[C@]12C)C(C)(C)O. The average molecular weight is 549 g/mol. The largest absolute Gasteiger partial charge is 0.393 e. The van der Waals surface area contributed by atoms with E-state index in [2.05, 4.69) is 13.0 Å². The van der Waals surface area contributed by atoms with Crippen molar-refractivity contribution >= 4 is 17.3 Å². The average Bonchev–Trinajstić information content (AvgIpc) is 3.00. The van der Waals surface area contributed by atoms with Crippen molar-refractivity contribution in [2.45, 2.75) is 117 Å². The lowest BCUT2D eigenvalue weighted by molar-refractivity contribution is -0.186. The Morgan fingerprint density at radius 1 is 1.08 bits per heavy atom. The normalized spacial score (nSPS) is 44.0. The molecule has 0 unspecified atom stereocenters. The number of aliphatic hydroxyl groups excluding tert-OH is 2. The van der Waals surface area contributed by atoms with Crippen LogP contribution in [0.25, 0.3) is 0 Å². The van der Waals surface area contributed by atoms with Gasteiger partial charge in [0.05, 0.1) is 17.8 Å². The number of ketones is 3. The molecule has 8 heteroatoms. The van der Waals surface area contributed by atoms with Gasteiger partial charge in [0.25, 0.3) is 0 Å². The van der Waals surface area contributed by atoms with Crippen molar-refractivity contribution in [3.05, 3.63) is 11.6 Å². The van der Waals surface area contributed by atoms with Crippen LogP contribution in [0.5, 0.6) is 0 Å². The number of fused-ring (bicyclic) bond motifs is 5. The molecule has 8 nitrogen and oxygen atoms in total.